The highest BCUT2D eigenvalue weighted by atomic mass is 15.0. The topological polar surface area (TPSA) is 16.8 Å². The fourth-order valence-electron chi connectivity index (χ4n) is 2.61. The number of hydrogen-bond acceptors (Lipinski definition) is 1. The Morgan fingerprint density at radius 2 is 1.57 bits per heavy atom. The maximum atomic E-state index is 7.84. The average molecular weight is 278 g/mol. The van der Waals surface area contributed by atoms with Gasteiger partial charge in [0.05, 0.1) is 12.6 Å². The number of nitrogens with zero attached hydrogens (tertiary/aromatic N) is 2. The third-order valence-electron chi connectivity index (χ3n) is 3.67. The Morgan fingerprint density at radius 1 is 0.905 bits per heavy atom. The lowest BCUT2D eigenvalue weighted by Gasteiger charge is -2.12. The summed E-state index contributed by atoms with van der Waals surface area (Å²) in [5.74, 6) is 0. The zero-order chi connectivity index (χ0) is 17.3. The van der Waals surface area contributed by atoms with E-state index >= 15 is 0 Å². The molecule has 0 N–H and O–H groups in total. The summed E-state index contributed by atoms with van der Waals surface area (Å²) < 4.78 is 25.5. The van der Waals surface area contributed by atoms with Crippen molar-refractivity contribution in [3.8, 4) is 22.4 Å². The highest BCUT2D eigenvalue weighted by Crippen LogP contribution is 2.31. The van der Waals surface area contributed by atoms with Gasteiger partial charge in [-0.1, -0.05) is 53.5 Å². The van der Waals surface area contributed by atoms with Crippen molar-refractivity contribution in [1.82, 2.24) is 4.98 Å². The minimum atomic E-state index is -2.17. The van der Waals surface area contributed by atoms with Crippen molar-refractivity contribution in [1.29, 1.82) is 0 Å². The summed E-state index contributed by atoms with van der Waals surface area (Å²) in [6.45, 7) is -0.122. The number of hydrogen-bond donors (Lipinski definition) is 0. The third kappa shape index (κ3) is 2.45. The second-order valence-electron chi connectivity index (χ2n) is 5.13. The molecular weight excluding hydrogens is 256 g/mol. The quantitative estimate of drug-likeness (QED) is 0.650. The lowest BCUT2D eigenvalue weighted by Crippen LogP contribution is -2.32. The summed E-state index contributed by atoms with van der Waals surface area (Å²) in [6, 6.07) is 15.2. The van der Waals surface area contributed by atoms with Gasteiger partial charge in [0, 0.05) is 9.68 Å². The van der Waals surface area contributed by atoms with E-state index in [1.165, 1.54) is 0 Å². The van der Waals surface area contributed by atoms with Crippen LogP contribution in [0.4, 0.5) is 0 Å². The van der Waals surface area contributed by atoms with E-state index < -0.39 is 6.85 Å². The van der Waals surface area contributed by atoms with Crippen LogP contribution in [-0.4, -0.2) is 4.98 Å². The molecule has 0 radical (unpaired) electrons. The monoisotopic (exact) mass is 278 g/mol. The molecule has 2 aromatic carbocycles. The van der Waals surface area contributed by atoms with E-state index in [2.05, 4.69) is 18.0 Å². The van der Waals surface area contributed by atoms with Crippen molar-refractivity contribution in [2.75, 3.05) is 0 Å². The fraction of sp³-hybridized carbons (Fsp3) is 0.158. The van der Waals surface area contributed by atoms with Crippen LogP contribution in [0, 0.1) is 13.8 Å². The fourth-order valence-corrected chi connectivity index (χ4v) is 2.61. The normalized spacial score (nSPS) is 13.3. The molecule has 21 heavy (non-hydrogen) atoms. The van der Waals surface area contributed by atoms with Crippen LogP contribution in [-0.2, 0) is 7.05 Å². The summed E-state index contributed by atoms with van der Waals surface area (Å²) in [5.41, 5.74) is 5.01. The molecule has 3 aromatic rings. The molecule has 0 atom stereocenters. The molecule has 1 aromatic heterocycles. The Kier molecular flexibility index (Phi) is 2.68. The van der Waals surface area contributed by atoms with Crippen molar-refractivity contribution in [2.24, 2.45) is 7.05 Å². The largest absolute Gasteiger partial charge is 0.286 e. The molecule has 3 rings (SSSR count). The van der Waals surface area contributed by atoms with Gasteiger partial charge in [0.25, 0.3) is 6.33 Å². The van der Waals surface area contributed by atoms with Crippen LogP contribution in [0.5, 0.6) is 0 Å². The Balaban J connectivity index is 2.33. The molecular formula is C19H19N2+. The van der Waals surface area contributed by atoms with E-state index in [0.29, 0.717) is 11.1 Å². The van der Waals surface area contributed by atoms with Crippen molar-refractivity contribution < 1.29 is 8.68 Å². The van der Waals surface area contributed by atoms with Crippen LogP contribution < -0.4 is 4.57 Å². The predicted octanol–water partition coefficient (Wildman–Crippen LogP) is 3.86. The van der Waals surface area contributed by atoms with Gasteiger partial charge in [0.2, 0.25) is 0 Å². The minimum absolute atomic E-state index is 0.341. The minimum Gasteiger partial charge on any atom is -0.232 e. The Morgan fingerprint density at radius 3 is 2.29 bits per heavy atom. The number of aryl methyl sites for hydroxylation is 3. The first-order chi connectivity index (χ1) is 11.4. The van der Waals surface area contributed by atoms with Crippen molar-refractivity contribution >= 4 is 0 Å². The molecule has 0 amide bonds. The molecule has 0 aliphatic heterocycles. The van der Waals surface area contributed by atoms with Gasteiger partial charge in [-0.15, -0.1) is 0 Å². The van der Waals surface area contributed by atoms with Gasteiger partial charge in [0.1, 0.15) is 5.69 Å². The summed E-state index contributed by atoms with van der Waals surface area (Å²) in [6.07, 6.45) is 3.48. The van der Waals surface area contributed by atoms with Gasteiger partial charge in [-0.3, -0.25) is 0 Å². The lowest BCUT2D eigenvalue weighted by molar-refractivity contribution is -0.663. The van der Waals surface area contributed by atoms with E-state index in [4.69, 9.17) is 4.11 Å². The van der Waals surface area contributed by atoms with Crippen LogP contribution >= 0.6 is 0 Å². The summed E-state index contributed by atoms with van der Waals surface area (Å²) >= 11 is 0. The van der Waals surface area contributed by atoms with Crippen LogP contribution in [0.1, 0.15) is 15.2 Å². The van der Waals surface area contributed by atoms with Gasteiger partial charge >= 0.3 is 0 Å². The molecule has 1 heterocycles. The summed E-state index contributed by atoms with van der Waals surface area (Å²) in [5, 5.41) is 0. The molecule has 0 unspecified atom stereocenters. The van der Waals surface area contributed by atoms with Gasteiger partial charge in [0.15, 0.2) is 6.20 Å². The van der Waals surface area contributed by atoms with E-state index in [1.54, 1.807) is 24.7 Å². The molecule has 2 heteroatoms. The maximum absolute atomic E-state index is 7.84. The van der Waals surface area contributed by atoms with Gasteiger partial charge in [-0.2, -0.15) is 0 Å². The molecule has 0 saturated heterocycles. The van der Waals surface area contributed by atoms with Crippen molar-refractivity contribution in [2.45, 2.75) is 13.8 Å². The van der Waals surface area contributed by atoms with E-state index in [0.717, 1.165) is 22.4 Å². The second-order valence-corrected chi connectivity index (χ2v) is 5.13. The summed E-state index contributed by atoms with van der Waals surface area (Å²) in [7, 11) is 1.93. The van der Waals surface area contributed by atoms with Crippen molar-refractivity contribution in [3.63, 3.8) is 0 Å². The highest BCUT2D eigenvalue weighted by Gasteiger charge is 2.18. The molecule has 0 aliphatic rings. The highest BCUT2D eigenvalue weighted by molar-refractivity contribution is 5.81. The van der Waals surface area contributed by atoms with Gasteiger partial charge in [-0.25, -0.2) is 4.57 Å². The van der Waals surface area contributed by atoms with E-state index in [9.17, 15) is 0 Å². The van der Waals surface area contributed by atoms with Gasteiger partial charge in [-0.05, 0) is 30.5 Å². The Hall–Kier alpha value is -2.48. The molecule has 0 bridgehead atoms. The predicted molar refractivity (Wildman–Crippen MR) is 85.8 cm³/mol. The molecule has 0 spiro atoms. The van der Waals surface area contributed by atoms with E-state index in [-0.39, 0.29) is 0 Å². The molecule has 0 saturated carbocycles. The Labute approximate surface area is 130 Å². The second kappa shape index (κ2) is 5.49. The zero-order valence-corrected chi connectivity index (χ0v) is 12.2. The van der Waals surface area contributed by atoms with Crippen LogP contribution in [0.25, 0.3) is 22.4 Å². The van der Waals surface area contributed by atoms with Crippen LogP contribution in [0.15, 0.2) is 61.1 Å². The SMILES string of the molecule is [2H]C([2H])([2H])c1ccccc1-c1cnc[n+](C)c1-c1ccccc1C. The summed E-state index contributed by atoms with van der Waals surface area (Å²) in [4.78, 5) is 4.28. The first-order valence-electron chi connectivity index (χ1n) is 8.39. The maximum Gasteiger partial charge on any atom is 0.286 e. The third-order valence-corrected chi connectivity index (χ3v) is 3.67. The first-order valence-corrected chi connectivity index (χ1v) is 6.89. The number of benzene rings is 2. The lowest BCUT2D eigenvalue weighted by atomic mass is 9.95. The molecule has 0 fully saturated rings. The van der Waals surface area contributed by atoms with Gasteiger partial charge < -0.3 is 0 Å². The molecule has 0 aliphatic carbocycles. The smallest absolute Gasteiger partial charge is 0.232 e. The van der Waals surface area contributed by atoms with E-state index in [1.807, 2.05) is 41.9 Å². The number of rotatable bonds is 2. The number of aromatic nitrogens is 2. The zero-order valence-electron chi connectivity index (χ0n) is 15.2. The molecule has 2 nitrogen and oxygen atoms in total. The van der Waals surface area contributed by atoms with Crippen LogP contribution in [0.3, 0.4) is 0 Å². The van der Waals surface area contributed by atoms with Crippen LogP contribution in [0.2, 0.25) is 0 Å². The standard InChI is InChI=1S/C19H19N2/c1-14-8-4-6-10-16(14)18-12-20-13-21(3)19(18)17-11-7-5-9-15(17)2/h4-13H,1-3H3/q+1/i1D3. The average Bonchev–Trinajstić information content (AvgIpc) is 2.55. The molecule has 104 valence electrons. The van der Waals surface area contributed by atoms with Crippen molar-refractivity contribution in [3.05, 3.63) is 72.2 Å². The first kappa shape index (κ1) is 10.3. The Bertz CT molecular complexity index is 886.